The van der Waals surface area contributed by atoms with E-state index in [4.69, 9.17) is 16.3 Å². The molecule has 184 valence electrons. The first-order chi connectivity index (χ1) is 16.5. The average Bonchev–Trinajstić information content (AvgIpc) is 2.80. The molecule has 1 amide bonds. The first-order valence-corrected chi connectivity index (χ1v) is 12.8. The van der Waals surface area contributed by atoms with Gasteiger partial charge in [-0.15, -0.1) is 0 Å². The van der Waals surface area contributed by atoms with Crippen molar-refractivity contribution in [1.82, 2.24) is 5.32 Å². The van der Waals surface area contributed by atoms with Gasteiger partial charge >= 0.3 is 0 Å². The first kappa shape index (κ1) is 26.0. The van der Waals surface area contributed by atoms with Crippen molar-refractivity contribution in [1.29, 1.82) is 0 Å². The molecule has 3 aromatic carbocycles. The van der Waals surface area contributed by atoms with Crippen molar-refractivity contribution in [3.8, 4) is 5.75 Å². The van der Waals surface area contributed by atoms with Crippen LogP contribution in [0.2, 0.25) is 5.02 Å². The summed E-state index contributed by atoms with van der Waals surface area (Å²) in [4.78, 5) is 22.9. The number of nitro groups is 1. The van der Waals surface area contributed by atoms with Crippen molar-refractivity contribution in [2.24, 2.45) is 0 Å². The molecule has 0 unspecified atom stereocenters. The largest absolute Gasteiger partial charge is 0.492 e. The van der Waals surface area contributed by atoms with Crippen LogP contribution in [0.4, 0.5) is 11.4 Å². The first-order valence-electron chi connectivity index (χ1n) is 10.5. The number of ether oxygens (including phenoxy) is 1. The molecular formula is C24H24ClN3O6S. The molecule has 0 atom stereocenters. The number of hydrogen-bond donors (Lipinski definition) is 1. The second-order valence-corrected chi connectivity index (χ2v) is 10.1. The summed E-state index contributed by atoms with van der Waals surface area (Å²) in [5.41, 5.74) is 1.75. The maximum Gasteiger partial charge on any atom is 0.271 e. The molecule has 35 heavy (non-hydrogen) atoms. The zero-order valence-corrected chi connectivity index (χ0v) is 20.7. The number of carbonyl (C=O) groups is 1. The summed E-state index contributed by atoms with van der Waals surface area (Å²) in [5, 5.41) is 14.0. The maximum absolute atomic E-state index is 12.4. The molecule has 3 rings (SSSR count). The summed E-state index contributed by atoms with van der Waals surface area (Å²) in [5.74, 6) is 0.425. The highest BCUT2D eigenvalue weighted by Gasteiger charge is 2.23. The number of hydrogen-bond acceptors (Lipinski definition) is 6. The van der Waals surface area contributed by atoms with Crippen LogP contribution in [0.3, 0.4) is 0 Å². The number of non-ortho nitro benzene ring substituents is 1. The number of nitro benzene ring substituents is 1. The van der Waals surface area contributed by atoms with E-state index in [1.54, 1.807) is 24.3 Å². The van der Waals surface area contributed by atoms with Gasteiger partial charge in [0, 0.05) is 17.7 Å². The van der Waals surface area contributed by atoms with Gasteiger partial charge < -0.3 is 10.1 Å². The molecule has 3 aromatic rings. The number of nitrogens with zero attached hydrogens (tertiary/aromatic N) is 2. The van der Waals surface area contributed by atoms with Gasteiger partial charge in [0.15, 0.2) is 0 Å². The minimum atomic E-state index is -3.82. The third-order valence-electron chi connectivity index (χ3n) is 5.00. The SMILES string of the molecule is Cc1cccc(OCCNC(=O)c2ccc(CN(c3cc([N+](=O)[O-])ccc3Cl)S(C)(=O)=O)cc2)c1. The van der Waals surface area contributed by atoms with E-state index in [-0.39, 0.29) is 28.8 Å². The highest BCUT2D eigenvalue weighted by molar-refractivity contribution is 7.92. The summed E-state index contributed by atoms with van der Waals surface area (Å²) < 4.78 is 31.5. The van der Waals surface area contributed by atoms with E-state index in [1.165, 1.54) is 12.1 Å². The average molecular weight is 518 g/mol. The Hall–Kier alpha value is -3.63. The van der Waals surface area contributed by atoms with Crippen molar-refractivity contribution in [3.05, 3.63) is 98.6 Å². The van der Waals surface area contributed by atoms with E-state index >= 15 is 0 Å². The lowest BCUT2D eigenvalue weighted by molar-refractivity contribution is -0.384. The third kappa shape index (κ3) is 7.17. The van der Waals surface area contributed by atoms with Gasteiger partial charge in [-0.1, -0.05) is 35.9 Å². The van der Waals surface area contributed by atoms with Crippen LogP contribution in [-0.4, -0.2) is 38.7 Å². The third-order valence-corrected chi connectivity index (χ3v) is 6.44. The van der Waals surface area contributed by atoms with Gasteiger partial charge in [0.25, 0.3) is 11.6 Å². The van der Waals surface area contributed by atoms with Gasteiger partial charge in [0.1, 0.15) is 12.4 Å². The molecule has 0 saturated carbocycles. The van der Waals surface area contributed by atoms with Crippen LogP contribution < -0.4 is 14.4 Å². The van der Waals surface area contributed by atoms with Crippen molar-refractivity contribution in [2.45, 2.75) is 13.5 Å². The molecule has 0 spiro atoms. The summed E-state index contributed by atoms with van der Waals surface area (Å²) in [6, 6.07) is 17.6. The fourth-order valence-electron chi connectivity index (χ4n) is 3.25. The fourth-order valence-corrected chi connectivity index (χ4v) is 4.42. The van der Waals surface area contributed by atoms with E-state index in [0.29, 0.717) is 24.3 Å². The van der Waals surface area contributed by atoms with Gasteiger partial charge in [-0.2, -0.15) is 0 Å². The van der Waals surface area contributed by atoms with Gasteiger partial charge in [0.2, 0.25) is 10.0 Å². The van der Waals surface area contributed by atoms with E-state index in [9.17, 15) is 23.3 Å². The Balaban J connectivity index is 1.65. The van der Waals surface area contributed by atoms with E-state index < -0.39 is 14.9 Å². The Kier molecular flexibility index (Phi) is 8.31. The van der Waals surface area contributed by atoms with E-state index in [2.05, 4.69) is 5.32 Å². The minimum absolute atomic E-state index is 0.00111. The molecule has 0 fully saturated rings. The molecule has 1 N–H and O–H groups in total. The van der Waals surface area contributed by atoms with Gasteiger partial charge in [0.05, 0.1) is 35.0 Å². The molecule has 0 radical (unpaired) electrons. The standard InChI is InChI=1S/C24H24ClN3O6S/c1-17-4-3-5-21(14-17)34-13-12-26-24(29)19-8-6-18(7-9-19)16-27(35(2,32)33)23-15-20(28(30)31)10-11-22(23)25/h3-11,14-15H,12-13,16H2,1-2H3,(H,26,29). The summed E-state index contributed by atoms with van der Waals surface area (Å²) >= 11 is 6.15. The van der Waals surface area contributed by atoms with Crippen LogP contribution in [0, 0.1) is 17.0 Å². The monoisotopic (exact) mass is 517 g/mol. The number of sulfonamides is 1. The Labute approximate surface area is 208 Å². The fraction of sp³-hybridized carbons (Fsp3) is 0.208. The number of anilines is 1. The smallest absolute Gasteiger partial charge is 0.271 e. The Morgan fingerprint density at radius 1 is 1.11 bits per heavy atom. The van der Waals surface area contributed by atoms with Crippen LogP contribution in [0.5, 0.6) is 5.75 Å². The molecular weight excluding hydrogens is 494 g/mol. The molecule has 0 aliphatic rings. The van der Waals surface area contributed by atoms with Crippen LogP contribution in [0.25, 0.3) is 0 Å². The highest BCUT2D eigenvalue weighted by atomic mass is 35.5. The lowest BCUT2D eigenvalue weighted by atomic mass is 10.1. The number of amides is 1. The summed E-state index contributed by atoms with van der Waals surface area (Å²) in [6.07, 6.45) is 0.989. The Bertz CT molecular complexity index is 1330. The van der Waals surface area contributed by atoms with E-state index in [1.807, 2.05) is 31.2 Å². The topological polar surface area (TPSA) is 119 Å². The molecule has 0 bridgehead atoms. The van der Waals surface area contributed by atoms with E-state index in [0.717, 1.165) is 27.9 Å². The molecule has 0 aromatic heterocycles. The molecule has 0 aliphatic heterocycles. The number of carbonyl (C=O) groups excluding carboxylic acids is 1. The zero-order valence-electron chi connectivity index (χ0n) is 19.1. The predicted molar refractivity (Wildman–Crippen MR) is 135 cm³/mol. The molecule has 0 heterocycles. The minimum Gasteiger partial charge on any atom is -0.492 e. The zero-order chi connectivity index (χ0) is 25.6. The summed E-state index contributed by atoms with van der Waals surface area (Å²) in [6.45, 7) is 2.46. The van der Waals surface area contributed by atoms with Crippen LogP contribution in [0.1, 0.15) is 21.5 Å². The second-order valence-electron chi connectivity index (χ2n) is 7.78. The quantitative estimate of drug-likeness (QED) is 0.243. The van der Waals surface area contributed by atoms with Crippen LogP contribution >= 0.6 is 11.6 Å². The lowest BCUT2D eigenvalue weighted by Crippen LogP contribution is -2.30. The summed E-state index contributed by atoms with van der Waals surface area (Å²) in [7, 11) is -3.82. The Morgan fingerprint density at radius 2 is 1.83 bits per heavy atom. The van der Waals surface area contributed by atoms with Crippen molar-refractivity contribution < 1.29 is 22.9 Å². The second kappa shape index (κ2) is 11.2. The van der Waals surface area contributed by atoms with Crippen molar-refractivity contribution in [2.75, 3.05) is 23.7 Å². The van der Waals surface area contributed by atoms with Gasteiger partial charge in [-0.3, -0.25) is 19.2 Å². The number of aryl methyl sites for hydroxylation is 1. The number of halogens is 1. The molecule has 0 saturated heterocycles. The predicted octanol–water partition coefficient (Wildman–Crippen LogP) is 4.33. The number of benzene rings is 3. The molecule has 0 aliphatic carbocycles. The normalized spacial score (nSPS) is 11.1. The maximum atomic E-state index is 12.4. The highest BCUT2D eigenvalue weighted by Crippen LogP contribution is 2.32. The van der Waals surface area contributed by atoms with Crippen LogP contribution in [-0.2, 0) is 16.6 Å². The molecule has 11 heteroatoms. The van der Waals surface area contributed by atoms with Gasteiger partial charge in [-0.05, 0) is 48.4 Å². The lowest BCUT2D eigenvalue weighted by Gasteiger charge is -2.23. The van der Waals surface area contributed by atoms with Crippen molar-refractivity contribution >= 4 is 38.9 Å². The number of rotatable bonds is 10. The van der Waals surface area contributed by atoms with Crippen molar-refractivity contribution in [3.63, 3.8) is 0 Å². The van der Waals surface area contributed by atoms with Gasteiger partial charge in [-0.25, -0.2) is 8.42 Å². The molecule has 9 nitrogen and oxygen atoms in total. The van der Waals surface area contributed by atoms with Crippen LogP contribution in [0.15, 0.2) is 66.7 Å². The Morgan fingerprint density at radius 3 is 2.46 bits per heavy atom. The number of nitrogens with one attached hydrogen (secondary N) is 1.